The number of urea groups is 1. The van der Waals surface area contributed by atoms with Crippen molar-refractivity contribution in [2.75, 3.05) is 17.3 Å². The molecule has 0 spiro atoms. The predicted octanol–water partition coefficient (Wildman–Crippen LogP) is 5.76. The number of hydrogen-bond donors (Lipinski definition) is 1. The number of ether oxygens (including phenoxy) is 1. The van der Waals surface area contributed by atoms with Crippen LogP contribution in [0.25, 0.3) is 0 Å². The van der Waals surface area contributed by atoms with Crippen molar-refractivity contribution in [3.8, 4) is 10.8 Å². The van der Waals surface area contributed by atoms with E-state index in [-0.39, 0.29) is 5.82 Å². The molecule has 2 amide bonds. The van der Waals surface area contributed by atoms with Crippen LogP contribution in [-0.2, 0) is 0 Å². The van der Waals surface area contributed by atoms with Gasteiger partial charge in [-0.3, -0.25) is 10.2 Å². The molecular weight excluding hydrogens is 384 g/mol. The largest absolute Gasteiger partial charge is 0.445 e. The number of thiazole rings is 1. The lowest BCUT2D eigenvalue weighted by atomic mass is 10.1. The summed E-state index contributed by atoms with van der Waals surface area (Å²) >= 11 is 1.10. The van der Waals surface area contributed by atoms with Crippen molar-refractivity contribution < 1.29 is 18.3 Å². The van der Waals surface area contributed by atoms with Crippen molar-refractivity contribution in [1.82, 2.24) is 4.98 Å². The fourth-order valence-electron chi connectivity index (χ4n) is 2.75. The van der Waals surface area contributed by atoms with Crippen LogP contribution >= 0.6 is 11.3 Å². The number of rotatable bonds is 5. The third-order valence-electron chi connectivity index (χ3n) is 4.41. The van der Waals surface area contributed by atoms with Crippen molar-refractivity contribution in [3.63, 3.8) is 0 Å². The van der Waals surface area contributed by atoms with E-state index in [4.69, 9.17) is 4.74 Å². The SMILES string of the molecule is CN(C(=O)Nc1ncc(Oc2cccc(F)c2)s1)c1ccc(C2CC2)c(F)c1. The molecule has 0 radical (unpaired) electrons. The van der Waals surface area contributed by atoms with Gasteiger partial charge in [0.2, 0.25) is 5.06 Å². The van der Waals surface area contributed by atoms with E-state index in [9.17, 15) is 13.6 Å². The lowest BCUT2D eigenvalue weighted by molar-refractivity contribution is 0.258. The van der Waals surface area contributed by atoms with Crippen LogP contribution in [0.1, 0.15) is 24.3 Å². The van der Waals surface area contributed by atoms with Gasteiger partial charge in [0.15, 0.2) is 5.13 Å². The van der Waals surface area contributed by atoms with Gasteiger partial charge in [0.05, 0.1) is 6.20 Å². The first-order chi connectivity index (χ1) is 13.5. The second-order valence-electron chi connectivity index (χ2n) is 6.51. The third-order valence-corrected chi connectivity index (χ3v) is 5.20. The highest BCUT2D eigenvalue weighted by Gasteiger charge is 2.27. The normalized spacial score (nSPS) is 13.2. The molecule has 5 nitrogen and oxygen atoms in total. The Balaban J connectivity index is 1.40. The summed E-state index contributed by atoms with van der Waals surface area (Å²) in [6.07, 6.45) is 3.46. The second-order valence-corrected chi connectivity index (χ2v) is 7.51. The second kappa shape index (κ2) is 7.55. The molecule has 2 aromatic carbocycles. The van der Waals surface area contributed by atoms with Gasteiger partial charge in [-0.2, -0.15) is 0 Å². The van der Waals surface area contributed by atoms with E-state index in [0.29, 0.717) is 33.1 Å². The molecule has 0 atom stereocenters. The maximum absolute atomic E-state index is 14.2. The quantitative estimate of drug-likeness (QED) is 0.591. The Morgan fingerprint density at radius 1 is 1.25 bits per heavy atom. The van der Waals surface area contributed by atoms with Crippen LogP contribution in [0.5, 0.6) is 10.8 Å². The first kappa shape index (κ1) is 18.4. The van der Waals surface area contributed by atoms with Gasteiger partial charge < -0.3 is 4.74 Å². The Labute approximate surface area is 164 Å². The molecule has 0 saturated heterocycles. The lowest BCUT2D eigenvalue weighted by Crippen LogP contribution is -2.31. The van der Waals surface area contributed by atoms with E-state index >= 15 is 0 Å². The number of nitrogens with one attached hydrogen (secondary N) is 1. The average Bonchev–Trinajstić information content (AvgIpc) is 3.42. The molecule has 3 aromatic rings. The molecule has 0 bridgehead atoms. The summed E-state index contributed by atoms with van der Waals surface area (Å²) < 4.78 is 33.0. The zero-order valence-electron chi connectivity index (χ0n) is 15.0. The highest BCUT2D eigenvalue weighted by molar-refractivity contribution is 7.17. The van der Waals surface area contributed by atoms with Crippen molar-refractivity contribution in [3.05, 3.63) is 65.9 Å². The minimum absolute atomic E-state index is 0.292. The minimum Gasteiger partial charge on any atom is -0.445 e. The lowest BCUT2D eigenvalue weighted by Gasteiger charge is -2.18. The van der Waals surface area contributed by atoms with Gasteiger partial charge >= 0.3 is 6.03 Å². The summed E-state index contributed by atoms with van der Waals surface area (Å²) in [6.45, 7) is 0. The summed E-state index contributed by atoms with van der Waals surface area (Å²) in [6, 6.07) is 10.1. The molecule has 1 saturated carbocycles. The van der Waals surface area contributed by atoms with Gasteiger partial charge in [-0.15, -0.1) is 0 Å². The van der Waals surface area contributed by atoms with E-state index in [1.54, 1.807) is 25.2 Å². The summed E-state index contributed by atoms with van der Waals surface area (Å²) in [7, 11) is 1.55. The fraction of sp³-hybridized carbons (Fsp3) is 0.200. The molecule has 144 valence electrons. The van der Waals surface area contributed by atoms with Crippen LogP contribution in [0.4, 0.5) is 24.4 Å². The van der Waals surface area contributed by atoms with E-state index in [2.05, 4.69) is 10.3 Å². The van der Waals surface area contributed by atoms with Crippen LogP contribution in [0.3, 0.4) is 0 Å². The van der Waals surface area contributed by atoms with Crippen LogP contribution in [0.15, 0.2) is 48.7 Å². The zero-order chi connectivity index (χ0) is 19.7. The number of halogens is 2. The van der Waals surface area contributed by atoms with Crippen LogP contribution in [0.2, 0.25) is 0 Å². The molecule has 1 heterocycles. The van der Waals surface area contributed by atoms with E-state index < -0.39 is 11.8 Å². The molecule has 1 N–H and O–H groups in total. The van der Waals surface area contributed by atoms with Gasteiger partial charge in [0.1, 0.15) is 17.4 Å². The Morgan fingerprint density at radius 2 is 2.07 bits per heavy atom. The Morgan fingerprint density at radius 3 is 2.79 bits per heavy atom. The Kier molecular flexibility index (Phi) is 4.95. The Bertz CT molecular complexity index is 1020. The van der Waals surface area contributed by atoms with Gasteiger partial charge in [0, 0.05) is 18.8 Å². The summed E-state index contributed by atoms with van der Waals surface area (Å²) in [5.74, 6) is -0.0540. The first-order valence-corrected chi connectivity index (χ1v) is 9.54. The highest BCUT2D eigenvalue weighted by atomic mass is 32.1. The van der Waals surface area contributed by atoms with Crippen LogP contribution in [-0.4, -0.2) is 18.1 Å². The predicted molar refractivity (Wildman–Crippen MR) is 104 cm³/mol. The maximum Gasteiger partial charge on any atom is 0.327 e. The smallest absolute Gasteiger partial charge is 0.327 e. The number of amides is 2. The molecule has 4 rings (SSSR count). The molecule has 28 heavy (non-hydrogen) atoms. The summed E-state index contributed by atoms with van der Waals surface area (Å²) in [5.41, 5.74) is 1.16. The van der Waals surface area contributed by atoms with E-state index in [1.807, 2.05) is 0 Å². The number of benzene rings is 2. The van der Waals surface area contributed by atoms with Gasteiger partial charge in [-0.25, -0.2) is 18.6 Å². The monoisotopic (exact) mass is 401 g/mol. The molecule has 1 aliphatic rings. The third kappa shape index (κ3) is 4.12. The van der Waals surface area contributed by atoms with Gasteiger partial charge in [-0.05, 0) is 48.6 Å². The molecule has 1 aromatic heterocycles. The van der Waals surface area contributed by atoms with Crippen molar-refractivity contribution >= 4 is 28.2 Å². The zero-order valence-corrected chi connectivity index (χ0v) is 15.8. The van der Waals surface area contributed by atoms with E-state index in [1.165, 1.54) is 35.4 Å². The molecule has 0 unspecified atom stereocenters. The number of aromatic nitrogens is 1. The molecule has 1 fully saturated rings. The van der Waals surface area contributed by atoms with Crippen LogP contribution in [0, 0.1) is 11.6 Å². The maximum atomic E-state index is 14.2. The average molecular weight is 401 g/mol. The highest BCUT2D eigenvalue weighted by Crippen LogP contribution is 2.42. The number of carbonyl (C=O) groups excluding carboxylic acids is 1. The summed E-state index contributed by atoms with van der Waals surface area (Å²) in [4.78, 5) is 17.8. The molecule has 1 aliphatic carbocycles. The molecule has 0 aliphatic heterocycles. The van der Waals surface area contributed by atoms with Crippen molar-refractivity contribution in [2.45, 2.75) is 18.8 Å². The number of nitrogens with zero attached hydrogens (tertiary/aromatic N) is 2. The van der Waals surface area contributed by atoms with Crippen LogP contribution < -0.4 is 15.0 Å². The number of anilines is 2. The Hall–Kier alpha value is -3.00. The topological polar surface area (TPSA) is 54.5 Å². The fourth-order valence-corrected chi connectivity index (χ4v) is 3.43. The van der Waals surface area contributed by atoms with Crippen molar-refractivity contribution in [2.24, 2.45) is 0 Å². The molecule has 8 heteroatoms. The van der Waals surface area contributed by atoms with Crippen molar-refractivity contribution in [1.29, 1.82) is 0 Å². The first-order valence-electron chi connectivity index (χ1n) is 8.73. The van der Waals surface area contributed by atoms with E-state index in [0.717, 1.165) is 24.2 Å². The minimum atomic E-state index is -0.453. The number of hydrogen-bond acceptors (Lipinski definition) is 4. The summed E-state index contributed by atoms with van der Waals surface area (Å²) in [5, 5.41) is 3.37. The van der Waals surface area contributed by atoms with Gasteiger partial charge in [-0.1, -0.05) is 23.5 Å². The molecular formula is C20H17F2N3O2S. The number of carbonyl (C=O) groups is 1. The standard InChI is InChI=1S/C20H17F2N3O2S/c1-25(14-7-8-16(12-5-6-12)17(22)10-14)20(26)24-19-23-11-18(28-19)27-15-4-2-3-13(21)9-15/h2-4,7-12H,5-6H2,1H3,(H,23,24,26). The van der Waals surface area contributed by atoms with Gasteiger partial charge in [0.25, 0.3) is 0 Å².